The lowest BCUT2D eigenvalue weighted by molar-refractivity contribution is 0.0508. The summed E-state index contributed by atoms with van der Waals surface area (Å²) in [5.41, 5.74) is 1.07. The van der Waals surface area contributed by atoms with Gasteiger partial charge >= 0.3 is 0 Å². The van der Waals surface area contributed by atoms with Gasteiger partial charge in [0.05, 0.1) is 0 Å². The van der Waals surface area contributed by atoms with Crippen LogP contribution in [0.2, 0.25) is 0 Å². The molecule has 1 saturated carbocycles. The molecule has 1 nitrogen and oxygen atoms in total. The van der Waals surface area contributed by atoms with Crippen molar-refractivity contribution >= 4 is 0 Å². The lowest BCUT2D eigenvalue weighted by atomic mass is 9.70. The SMILES string of the molecule is CC(C)N1CC[C@]2(C)C(C)CC[C@]12C. The predicted molar refractivity (Wildman–Crippen MR) is 61.4 cm³/mol. The maximum atomic E-state index is 2.75. The Hall–Kier alpha value is -0.0400. The molecule has 0 aromatic heterocycles. The van der Waals surface area contributed by atoms with E-state index in [0.29, 0.717) is 17.0 Å². The zero-order chi connectivity index (χ0) is 10.6. The standard InChI is InChI=1S/C13H25N/c1-10(2)14-9-8-12(4)11(3)6-7-13(12,14)5/h10-11H,6-9H2,1-5H3/t11?,12-,13+/m1/s1. The van der Waals surface area contributed by atoms with Gasteiger partial charge in [0.1, 0.15) is 0 Å². The lowest BCUT2D eigenvalue weighted by Gasteiger charge is -2.44. The van der Waals surface area contributed by atoms with Gasteiger partial charge in [0.15, 0.2) is 0 Å². The van der Waals surface area contributed by atoms with E-state index < -0.39 is 0 Å². The van der Waals surface area contributed by atoms with Crippen molar-refractivity contribution in [1.82, 2.24) is 4.90 Å². The number of hydrogen-bond acceptors (Lipinski definition) is 1. The number of fused-ring (bicyclic) bond motifs is 1. The molecule has 3 atom stereocenters. The van der Waals surface area contributed by atoms with Crippen LogP contribution in [-0.4, -0.2) is 23.0 Å². The predicted octanol–water partition coefficient (Wildman–Crippen LogP) is 3.30. The Balaban J connectivity index is 2.32. The van der Waals surface area contributed by atoms with Crippen LogP contribution in [0.3, 0.4) is 0 Å². The highest BCUT2D eigenvalue weighted by molar-refractivity contribution is 5.13. The first-order valence-electron chi connectivity index (χ1n) is 6.18. The van der Waals surface area contributed by atoms with Gasteiger partial charge in [-0.1, -0.05) is 13.8 Å². The molecule has 1 aliphatic carbocycles. The second-order valence-corrected chi connectivity index (χ2v) is 6.17. The normalized spacial score (nSPS) is 48.9. The summed E-state index contributed by atoms with van der Waals surface area (Å²) in [6.45, 7) is 13.5. The molecule has 1 saturated heterocycles. The van der Waals surface area contributed by atoms with Gasteiger partial charge in [-0.05, 0) is 57.9 Å². The van der Waals surface area contributed by atoms with E-state index in [1.54, 1.807) is 0 Å². The molecule has 82 valence electrons. The summed E-state index contributed by atoms with van der Waals surface area (Å²) < 4.78 is 0. The van der Waals surface area contributed by atoms with Crippen molar-refractivity contribution in [3.05, 3.63) is 0 Å². The fourth-order valence-electron chi connectivity index (χ4n) is 4.05. The van der Waals surface area contributed by atoms with E-state index in [4.69, 9.17) is 0 Å². The molecule has 1 heterocycles. The maximum Gasteiger partial charge on any atom is 0.0240 e. The van der Waals surface area contributed by atoms with Gasteiger partial charge in [-0.3, -0.25) is 4.90 Å². The van der Waals surface area contributed by atoms with E-state index >= 15 is 0 Å². The summed E-state index contributed by atoms with van der Waals surface area (Å²) in [5.74, 6) is 0.913. The van der Waals surface area contributed by atoms with E-state index in [0.717, 1.165) is 5.92 Å². The Morgan fingerprint density at radius 2 is 1.86 bits per heavy atom. The quantitative estimate of drug-likeness (QED) is 0.620. The average molecular weight is 195 g/mol. The third-order valence-corrected chi connectivity index (χ3v) is 5.51. The monoisotopic (exact) mass is 195 g/mol. The number of rotatable bonds is 1. The molecule has 0 aromatic rings. The highest BCUT2D eigenvalue weighted by Gasteiger charge is 2.59. The Bertz CT molecular complexity index is 235. The van der Waals surface area contributed by atoms with Gasteiger partial charge in [-0.25, -0.2) is 0 Å². The van der Waals surface area contributed by atoms with Crippen LogP contribution in [0.15, 0.2) is 0 Å². The average Bonchev–Trinajstić information content (AvgIpc) is 2.47. The summed E-state index contributed by atoms with van der Waals surface area (Å²) in [6, 6.07) is 0.715. The van der Waals surface area contributed by atoms with Crippen molar-refractivity contribution in [3.8, 4) is 0 Å². The zero-order valence-corrected chi connectivity index (χ0v) is 10.4. The van der Waals surface area contributed by atoms with Crippen molar-refractivity contribution in [3.63, 3.8) is 0 Å². The van der Waals surface area contributed by atoms with Gasteiger partial charge < -0.3 is 0 Å². The molecule has 2 aliphatic rings. The van der Waals surface area contributed by atoms with Crippen LogP contribution < -0.4 is 0 Å². The molecule has 1 aliphatic heterocycles. The molecule has 0 bridgehead atoms. The molecule has 0 amide bonds. The molecule has 2 fully saturated rings. The van der Waals surface area contributed by atoms with Gasteiger partial charge in [-0.2, -0.15) is 0 Å². The summed E-state index contributed by atoms with van der Waals surface area (Å²) in [4.78, 5) is 2.75. The molecule has 0 radical (unpaired) electrons. The van der Waals surface area contributed by atoms with Crippen LogP contribution in [0.4, 0.5) is 0 Å². The summed E-state index contributed by atoms with van der Waals surface area (Å²) >= 11 is 0. The second kappa shape index (κ2) is 2.98. The van der Waals surface area contributed by atoms with Crippen molar-refractivity contribution in [2.75, 3.05) is 6.54 Å². The number of likely N-dealkylation sites (tertiary alicyclic amines) is 1. The van der Waals surface area contributed by atoms with Crippen LogP contribution in [0.1, 0.15) is 53.9 Å². The minimum Gasteiger partial charge on any atom is -0.295 e. The topological polar surface area (TPSA) is 3.24 Å². The van der Waals surface area contributed by atoms with Crippen LogP contribution in [0, 0.1) is 11.3 Å². The van der Waals surface area contributed by atoms with Crippen molar-refractivity contribution < 1.29 is 0 Å². The molecule has 1 heteroatoms. The molecular weight excluding hydrogens is 170 g/mol. The van der Waals surface area contributed by atoms with Crippen LogP contribution in [0.25, 0.3) is 0 Å². The zero-order valence-electron chi connectivity index (χ0n) is 10.4. The number of nitrogens with zero attached hydrogens (tertiary/aromatic N) is 1. The highest BCUT2D eigenvalue weighted by atomic mass is 15.3. The van der Waals surface area contributed by atoms with E-state index in [-0.39, 0.29) is 0 Å². The Morgan fingerprint density at radius 1 is 1.21 bits per heavy atom. The molecule has 2 rings (SSSR count). The minimum atomic E-state index is 0.487. The third-order valence-electron chi connectivity index (χ3n) is 5.51. The van der Waals surface area contributed by atoms with Crippen molar-refractivity contribution in [2.24, 2.45) is 11.3 Å². The second-order valence-electron chi connectivity index (χ2n) is 6.17. The van der Waals surface area contributed by atoms with Crippen molar-refractivity contribution in [2.45, 2.75) is 65.5 Å². The van der Waals surface area contributed by atoms with Gasteiger partial charge in [0.25, 0.3) is 0 Å². The third kappa shape index (κ3) is 1.05. The van der Waals surface area contributed by atoms with E-state index in [1.807, 2.05) is 0 Å². The number of hydrogen-bond donors (Lipinski definition) is 0. The van der Waals surface area contributed by atoms with Crippen molar-refractivity contribution in [1.29, 1.82) is 0 Å². The fraction of sp³-hybridized carbons (Fsp3) is 1.00. The van der Waals surface area contributed by atoms with Crippen LogP contribution in [0.5, 0.6) is 0 Å². The van der Waals surface area contributed by atoms with Crippen LogP contribution >= 0.6 is 0 Å². The van der Waals surface area contributed by atoms with E-state index in [1.165, 1.54) is 25.8 Å². The van der Waals surface area contributed by atoms with Crippen LogP contribution in [-0.2, 0) is 0 Å². The molecule has 1 unspecified atom stereocenters. The highest BCUT2D eigenvalue weighted by Crippen LogP contribution is 2.59. The largest absolute Gasteiger partial charge is 0.295 e. The molecule has 0 N–H and O–H groups in total. The smallest absolute Gasteiger partial charge is 0.0240 e. The summed E-state index contributed by atoms with van der Waals surface area (Å²) in [5, 5.41) is 0. The Kier molecular flexibility index (Phi) is 2.23. The van der Waals surface area contributed by atoms with E-state index in [9.17, 15) is 0 Å². The van der Waals surface area contributed by atoms with Gasteiger partial charge in [0, 0.05) is 11.6 Å². The maximum absolute atomic E-state index is 2.75. The first-order chi connectivity index (χ1) is 6.42. The van der Waals surface area contributed by atoms with Gasteiger partial charge in [-0.15, -0.1) is 0 Å². The first-order valence-corrected chi connectivity index (χ1v) is 6.18. The first kappa shape index (κ1) is 10.5. The molecular formula is C13H25N. The Labute approximate surface area is 88.9 Å². The van der Waals surface area contributed by atoms with Gasteiger partial charge in [0.2, 0.25) is 0 Å². The minimum absolute atomic E-state index is 0.487. The lowest BCUT2D eigenvalue weighted by Crippen LogP contribution is -2.50. The molecule has 0 aromatic carbocycles. The Morgan fingerprint density at radius 3 is 2.43 bits per heavy atom. The molecule has 0 spiro atoms. The summed E-state index contributed by atoms with van der Waals surface area (Å²) in [7, 11) is 0. The fourth-order valence-corrected chi connectivity index (χ4v) is 4.05. The molecule has 14 heavy (non-hydrogen) atoms. The summed E-state index contributed by atoms with van der Waals surface area (Å²) in [6.07, 6.45) is 4.24. The van der Waals surface area contributed by atoms with E-state index in [2.05, 4.69) is 39.5 Å².